The minimum absolute atomic E-state index is 0.120. The average molecular weight is 244 g/mol. The van der Waals surface area contributed by atoms with Crippen LogP contribution in [0.3, 0.4) is 0 Å². The third-order valence-electron chi connectivity index (χ3n) is 2.59. The Hall–Kier alpha value is -1.26. The van der Waals surface area contributed by atoms with E-state index in [2.05, 4.69) is 10.6 Å². The van der Waals surface area contributed by atoms with Crippen molar-refractivity contribution in [1.82, 2.24) is 10.6 Å². The summed E-state index contributed by atoms with van der Waals surface area (Å²) in [5, 5.41) is 14.0. The Labute approximate surface area is 103 Å². The molecule has 0 aromatic carbocycles. The molecule has 0 spiro atoms. The van der Waals surface area contributed by atoms with E-state index in [1.165, 1.54) is 0 Å². The van der Waals surface area contributed by atoms with E-state index in [-0.39, 0.29) is 18.5 Å². The van der Waals surface area contributed by atoms with Gasteiger partial charge in [0.05, 0.1) is 0 Å². The highest BCUT2D eigenvalue weighted by Crippen LogP contribution is 2.02. The van der Waals surface area contributed by atoms with E-state index in [0.717, 1.165) is 25.7 Å². The van der Waals surface area contributed by atoms with Gasteiger partial charge in [0.1, 0.15) is 0 Å². The summed E-state index contributed by atoms with van der Waals surface area (Å²) in [7, 11) is 0. The number of hydrogen-bond acceptors (Lipinski definition) is 2. The lowest BCUT2D eigenvalue weighted by molar-refractivity contribution is -0.137. The second kappa shape index (κ2) is 9.93. The van der Waals surface area contributed by atoms with Crippen LogP contribution in [0.2, 0.25) is 0 Å². The van der Waals surface area contributed by atoms with Crippen molar-refractivity contribution in [2.75, 3.05) is 6.54 Å². The zero-order valence-electron chi connectivity index (χ0n) is 10.8. The fourth-order valence-electron chi connectivity index (χ4n) is 1.33. The Morgan fingerprint density at radius 3 is 2.41 bits per heavy atom. The molecule has 0 heterocycles. The molecule has 1 atom stereocenters. The van der Waals surface area contributed by atoms with E-state index in [0.29, 0.717) is 13.0 Å². The summed E-state index contributed by atoms with van der Waals surface area (Å²) in [5.74, 6) is -0.740. The molecular weight excluding hydrogens is 220 g/mol. The molecule has 3 N–H and O–H groups in total. The van der Waals surface area contributed by atoms with Crippen molar-refractivity contribution in [2.45, 2.75) is 58.4 Å². The standard InChI is InChI=1S/C12H24N2O3/c1-3-10(2)14-12(17)13-9-7-5-4-6-8-11(15)16/h10H,3-9H2,1-2H3,(H,15,16)(H2,13,14,17). The van der Waals surface area contributed by atoms with Gasteiger partial charge in [0, 0.05) is 19.0 Å². The van der Waals surface area contributed by atoms with Crippen LogP contribution in [0.5, 0.6) is 0 Å². The van der Waals surface area contributed by atoms with Crippen molar-refractivity contribution >= 4 is 12.0 Å². The molecule has 0 aliphatic heterocycles. The molecule has 17 heavy (non-hydrogen) atoms. The summed E-state index contributed by atoms with van der Waals surface area (Å²) < 4.78 is 0. The molecule has 0 saturated heterocycles. The predicted molar refractivity (Wildman–Crippen MR) is 67.0 cm³/mol. The van der Waals surface area contributed by atoms with E-state index in [1.807, 2.05) is 13.8 Å². The lowest BCUT2D eigenvalue weighted by atomic mass is 10.1. The van der Waals surface area contributed by atoms with Gasteiger partial charge in [-0.05, 0) is 26.2 Å². The van der Waals surface area contributed by atoms with Crippen LogP contribution in [-0.2, 0) is 4.79 Å². The molecule has 0 aliphatic rings. The number of urea groups is 1. The lowest BCUT2D eigenvalue weighted by Crippen LogP contribution is -2.40. The minimum Gasteiger partial charge on any atom is -0.481 e. The SMILES string of the molecule is CCC(C)NC(=O)NCCCCCCC(=O)O. The number of unbranched alkanes of at least 4 members (excludes halogenated alkanes) is 3. The van der Waals surface area contributed by atoms with Crippen molar-refractivity contribution in [3.8, 4) is 0 Å². The van der Waals surface area contributed by atoms with Gasteiger partial charge in [0.25, 0.3) is 0 Å². The predicted octanol–water partition coefficient (Wildman–Crippen LogP) is 2.12. The Balaban J connectivity index is 3.27. The molecule has 5 nitrogen and oxygen atoms in total. The first-order chi connectivity index (χ1) is 8.06. The molecule has 100 valence electrons. The summed E-state index contributed by atoms with van der Waals surface area (Å²) in [6, 6.07) is 0.0791. The number of nitrogens with one attached hydrogen (secondary N) is 2. The van der Waals surface area contributed by atoms with Gasteiger partial charge in [-0.3, -0.25) is 4.79 Å². The third-order valence-corrected chi connectivity index (χ3v) is 2.59. The van der Waals surface area contributed by atoms with Crippen molar-refractivity contribution in [3.05, 3.63) is 0 Å². The van der Waals surface area contributed by atoms with Crippen LogP contribution in [0.1, 0.15) is 52.4 Å². The first kappa shape index (κ1) is 15.7. The first-order valence-corrected chi connectivity index (χ1v) is 6.32. The topological polar surface area (TPSA) is 78.4 Å². The number of rotatable bonds is 9. The third kappa shape index (κ3) is 11.0. The summed E-state index contributed by atoms with van der Waals surface area (Å²) in [5.41, 5.74) is 0. The zero-order chi connectivity index (χ0) is 13.1. The molecule has 2 amide bonds. The highest BCUT2D eigenvalue weighted by Gasteiger charge is 2.03. The second-order valence-electron chi connectivity index (χ2n) is 4.27. The monoisotopic (exact) mass is 244 g/mol. The summed E-state index contributed by atoms with van der Waals surface area (Å²) in [4.78, 5) is 21.5. The van der Waals surface area contributed by atoms with Gasteiger partial charge >= 0.3 is 12.0 Å². The number of carbonyl (C=O) groups is 2. The molecule has 0 bridgehead atoms. The van der Waals surface area contributed by atoms with Crippen LogP contribution >= 0.6 is 0 Å². The Morgan fingerprint density at radius 1 is 1.18 bits per heavy atom. The number of hydrogen-bond donors (Lipinski definition) is 3. The second-order valence-corrected chi connectivity index (χ2v) is 4.27. The van der Waals surface area contributed by atoms with E-state index in [4.69, 9.17) is 5.11 Å². The van der Waals surface area contributed by atoms with Gasteiger partial charge in [-0.2, -0.15) is 0 Å². The molecule has 0 aromatic heterocycles. The van der Waals surface area contributed by atoms with E-state index < -0.39 is 5.97 Å². The summed E-state index contributed by atoms with van der Waals surface area (Å²) in [6.45, 7) is 4.63. The Morgan fingerprint density at radius 2 is 1.82 bits per heavy atom. The molecule has 0 saturated carbocycles. The Bertz CT molecular complexity index is 232. The van der Waals surface area contributed by atoms with Gasteiger partial charge in [-0.1, -0.05) is 19.8 Å². The lowest BCUT2D eigenvalue weighted by Gasteiger charge is -2.12. The fraction of sp³-hybridized carbons (Fsp3) is 0.833. The number of amides is 2. The first-order valence-electron chi connectivity index (χ1n) is 6.32. The van der Waals surface area contributed by atoms with E-state index in [9.17, 15) is 9.59 Å². The van der Waals surface area contributed by atoms with Crippen LogP contribution in [0.4, 0.5) is 4.79 Å². The molecule has 0 radical (unpaired) electrons. The minimum atomic E-state index is -0.740. The quantitative estimate of drug-likeness (QED) is 0.544. The maximum atomic E-state index is 11.3. The van der Waals surface area contributed by atoms with Crippen LogP contribution in [-0.4, -0.2) is 29.7 Å². The van der Waals surface area contributed by atoms with Crippen LogP contribution in [0.15, 0.2) is 0 Å². The molecular formula is C12H24N2O3. The molecule has 0 aliphatic carbocycles. The van der Waals surface area contributed by atoms with E-state index in [1.54, 1.807) is 0 Å². The highest BCUT2D eigenvalue weighted by molar-refractivity contribution is 5.74. The fourth-order valence-corrected chi connectivity index (χ4v) is 1.33. The van der Waals surface area contributed by atoms with Crippen molar-refractivity contribution < 1.29 is 14.7 Å². The number of carbonyl (C=O) groups excluding carboxylic acids is 1. The molecule has 1 unspecified atom stereocenters. The smallest absolute Gasteiger partial charge is 0.314 e. The molecule has 5 heteroatoms. The largest absolute Gasteiger partial charge is 0.481 e. The molecule has 0 fully saturated rings. The van der Waals surface area contributed by atoms with Crippen molar-refractivity contribution in [2.24, 2.45) is 0 Å². The van der Waals surface area contributed by atoms with E-state index >= 15 is 0 Å². The van der Waals surface area contributed by atoms with Crippen LogP contribution in [0.25, 0.3) is 0 Å². The van der Waals surface area contributed by atoms with Crippen molar-refractivity contribution in [3.63, 3.8) is 0 Å². The maximum Gasteiger partial charge on any atom is 0.314 e. The summed E-state index contributed by atoms with van der Waals surface area (Å²) >= 11 is 0. The van der Waals surface area contributed by atoms with Crippen LogP contribution in [0, 0.1) is 0 Å². The van der Waals surface area contributed by atoms with Crippen molar-refractivity contribution in [1.29, 1.82) is 0 Å². The van der Waals surface area contributed by atoms with Crippen LogP contribution < -0.4 is 10.6 Å². The number of carboxylic acids is 1. The Kier molecular flexibility index (Phi) is 9.19. The average Bonchev–Trinajstić information content (AvgIpc) is 2.27. The molecule has 0 rings (SSSR count). The summed E-state index contributed by atoms with van der Waals surface area (Å²) in [6.07, 6.45) is 4.63. The number of carboxylic acid groups (broad SMARTS) is 1. The van der Waals surface area contributed by atoms with Gasteiger partial charge in [-0.15, -0.1) is 0 Å². The zero-order valence-corrected chi connectivity index (χ0v) is 10.8. The van der Waals surface area contributed by atoms with Gasteiger partial charge in [-0.25, -0.2) is 4.79 Å². The molecule has 0 aromatic rings. The van der Waals surface area contributed by atoms with Gasteiger partial charge in [0.2, 0.25) is 0 Å². The highest BCUT2D eigenvalue weighted by atomic mass is 16.4. The normalized spacial score (nSPS) is 11.9. The number of aliphatic carboxylic acids is 1. The maximum absolute atomic E-state index is 11.3. The van der Waals surface area contributed by atoms with Gasteiger partial charge < -0.3 is 15.7 Å². The van der Waals surface area contributed by atoms with Gasteiger partial charge in [0.15, 0.2) is 0 Å².